The summed E-state index contributed by atoms with van der Waals surface area (Å²) in [6.45, 7) is 2.73. The zero-order chi connectivity index (χ0) is 18.4. The second-order valence-corrected chi connectivity index (χ2v) is 6.97. The lowest BCUT2D eigenvalue weighted by Gasteiger charge is -2.32. The molecule has 3 rings (SSSR count). The van der Waals surface area contributed by atoms with Gasteiger partial charge in [0.2, 0.25) is 0 Å². The van der Waals surface area contributed by atoms with E-state index in [1.54, 1.807) is 6.07 Å². The molecule has 2 aromatic rings. The summed E-state index contributed by atoms with van der Waals surface area (Å²) in [5.74, 6) is -0.00631. The Morgan fingerprint density at radius 3 is 2.54 bits per heavy atom. The van der Waals surface area contributed by atoms with Crippen LogP contribution in [-0.2, 0) is 4.74 Å². The number of halogens is 1. The molecule has 0 bridgehead atoms. The molecule has 1 amide bonds. The number of carbonyl (C=O) groups is 1. The second kappa shape index (κ2) is 9.17. The molecule has 1 aliphatic rings. The third-order valence-electron chi connectivity index (χ3n) is 4.74. The summed E-state index contributed by atoms with van der Waals surface area (Å²) >= 11 is 6.33. The van der Waals surface area contributed by atoms with E-state index in [1.165, 1.54) is 0 Å². The first-order valence-electron chi connectivity index (χ1n) is 9.15. The molecule has 1 fully saturated rings. The molecule has 1 aliphatic heterocycles. The Balaban J connectivity index is 1.67. The van der Waals surface area contributed by atoms with Crippen LogP contribution in [0.2, 0.25) is 5.02 Å². The number of nitrogens with two attached hydrogens (primary N) is 1. The van der Waals surface area contributed by atoms with Gasteiger partial charge in [-0.1, -0.05) is 48.0 Å². The summed E-state index contributed by atoms with van der Waals surface area (Å²) in [4.78, 5) is 14.8. The zero-order valence-corrected chi connectivity index (χ0v) is 15.6. The molecule has 5 heteroatoms. The maximum Gasteiger partial charge on any atom is 0.255 e. The average Bonchev–Trinajstić information content (AvgIpc) is 2.69. The number of benzene rings is 2. The molecule has 0 spiro atoms. The number of carbonyl (C=O) groups excluding carboxylic acids is 1. The van der Waals surface area contributed by atoms with Gasteiger partial charge in [0.25, 0.3) is 5.91 Å². The molecule has 0 unspecified atom stereocenters. The van der Waals surface area contributed by atoms with Crippen LogP contribution in [0.4, 0.5) is 0 Å². The number of nitrogens with zero attached hydrogens (tertiary/aromatic N) is 1. The van der Waals surface area contributed by atoms with Crippen molar-refractivity contribution < 1.29 is 9.53 Å². The minimum atomic E-state index is -0.00631. The van der Waals surface area contributed by atoms with Crippen LogP contribution in [0.25, 0.3) is 11.1 Å². The SMILES string of the molecule is NCCCOC1CCN(C(=O)c2cc(-c3ccccc3)ccc2Cl)CC1. The first-order valence-corrected chi connectivity index (χ1v) is 9.52. The van der Waals surface area contributed by atoms with Crippen molar-refractivity contribution in [3.8, 4) is 11.1 Å². The van der Waals surface area contributed by atoms with Crippen molar-refractivity contribution in [3.05, 3.63) is 59.1 Å². The van der Waals surface area contributed by atoms with Crippen molar-refractivity contribution in [2.75, 3.05) is 26.2 Å². The van der Waals surface area contributed by atoms with Crippen LogP contribution in [0, 0.1) is 0 Å². The molecule has 1 heterocycles. The molecule has 138 valence electrons. The van der Waals surface area contributed by atoms with Crippen molar-refractivity contribution >= 4 is 17.5 Å². The monoisotopic (exact) mass is 372 g/mol. The van der Waals surface area contributed by atoms with Crippen molar-refractivity contribution in [1.29, 1.82) is 0 Å². The van der Waals surface area contributed by atoms with Crippen molar-refractivity contribution in [3.63, 3.8) is 0 Å². The van der Waals surface area contributed by atoms with Gasteiger partial charge in [-0.25, -0.2) is 0 Å². The summed E-state index contributed by atoms with van der Waals surface area (Å²) in [6, 6.07) is 15.7. The summed E-state index contributed by atoms with van der Waals surface area (Å²) in [7, 11) is 0. The van der Waals surface area contributed by atoms with Gasteiger partial charge in [-0.05, 0) is 49.1 Å². The molecule has 4 nitrogen and oxygen atoms in total. The normalized spacial score (nSPS) is 15.2. The Morgan fingerprint density at radius 1 is 1.12 bits per heavy atom. The Labute approximate surface area is 159 Å². The molecule has 0 radical (unpaired) electrons. The Bertz CT molecular complexity index is 728. The standard InChI is InChI=1S/C21H25ClN2O2/c22-20-8-7-17(16-5-2-1-3-6-16)15-19(20)21(25)24-12-9-18(10-13-24)26-14-4-11-23/h1-3,5-8,15,18H,4,9-14,23H2. The van der Waals surface area contributed by atoms with Crippen LogP contribution in [0.1, 0.15) is 29.6 Å². The van der Waals surface area contributed by atoms with Gasteiger partial charge in [-0.15, -0.1) is 0 Å². The number of piperidine rings is 1. The first kappa shape index (κ1) is 18.9. The van der Waals surface area contributed by atoms with Gasteiger partial charge in [-0.2, -0.15) is 0 Å². The van der Waals surface area contributed by atoms with Crippen LogP contribution in [-0.4, -0.2) is 43.2 Å². The highest BCUT2D eigenvalue weighted by atomic mass is 35.5. The summed E-state index contributed by atoms with van der Waals surface area (Å²) in [6.07, 6.45) is 2.80. The van der Waals surface area contributed by atoms with E-state index in [-0.39, 0.29) is 12.0 Å². The number of ether oxygens (including phenoxy) is 1. The second-order valence-electron chi connectivity index (χ2n) is 6.57. The van der Waals surface area contributed by atoms with Crippen LogP contribution >= 0.6 is 11.6 Å². The maximum absolute atomic E-state index is 13.0. The molecule has 2 N–H and O–H groups in total. The fourth-order valence-corrected chi connectivity index (χ4v) is 3.43. The number of likely N-dealkylation sites (tertiary alicyclic amines) is 1. The third kappa shape index (κ3) is 4.64. The van der Waals surface area contributed by atoms with Gasteiger partial charge in [0.15, 0.2) is 0 Å². The molecule has 0 atom stereocenters. The molecule has 0 aromatic heterocycles. The van der Waals surface area contributed by atoms with Crippen molar-refractivity contribution in [2.45, 2.75) is 25.4 Å². The van der Waals surface area contributed by atoms with Crippen LogP contribution in [0.5, 0.6) is 0 Å². The lowest BCUT2D eigenvalue weighted by atomic mass is 10.0. The van der Waals surface area contributed by atoms with Gasteiger partial charge in [0.1, 0.15) is 0 Å². The number of amides is 1. The highest BCUT2D eigenvalue weighted by Crippen LogP contribution is 2.27. The van der Waals surface area contributed by atoms with Crippen LogP contribution in [0.3, 0.4) is 0 Å². The summed E-state index contributed by atoms with van der Waals surface area (Å²) in [5.41, 5.74) is 8.13. The van der Waals surface area contributed by atoms with E-state index < -0.39 is 0 Å². The van der Waals surface area contributed by atoms with E-state index in [2.05, 4.69) is 0 Å². The quantitative estimate of drug-likeness (QED) is 0.780. The molecule has 26 heavy (non-hydrogen) atoms. The van der Waals surface area contributed by atoms with E-state index in [1.807, 2.05) is 47.4 Å². The topological polar surface area (TPSA) is 55.6 Å². The molecular formula is C21H25ClN2O2. The van der Waals surface area contributed by atoms with Crippen LogP contribution < -0.4 is 5.73 Å². The maximum atomic E-state index is 13.0. The summed E-state index contributed by atoms with van der Waals surface area (Å²) < 4.78 is 5.81. The Kier molecular flexibility index (Phi) is 6.67. The Morgan fingerprint density at radius 2 is 1.85 bits per heavy atom. The minimum Gasteiger partial charge on any atom is -0.378 e. The van der Waals surface area contributed by atoms with E-state index in [0.29, 0.717) is 36.8 Å². The molecule has 1 saturated heterocycles. The van der Waals surface area contributed by atoms with E-state index in [4.69, 9.17) is 22.1 Å². The minimum absolute atomic E-state index is 0.00631. The van der Waals surface area contributed by atoms with Crippen LogP contribution in [0.15, 0.2) is 48.5 Å². The smallest absolute Gasteiger partial charge is 0.255 e. The number of rotatable bonds is 6. The van der Waals surface area contributed by atoms with Gasteiger partial charge in [0.05, 0.1) is 16.7 Å². The van der Waals surface area contributed by atoms with Gasteiger partial charge in [-0.3, -0.25) is 4.79 Å². The third-order valence-corrected chi connectivity index (χ3v) is 5.06. The Hall–Kier alpha value is -1.88. The van der Waals surface area contributed by atoms with E-state index in [9.17, 15) is 4.79 Å². The molecule has 0 aliphatic carbocycles. The first-order chi connectivity index (χ1) is 12.7. The predicted octanol–water partition coefficient (Wildman–Crippen LogP) is 3.98. The fourth-order valence-electron chi connectivity index (χ4n) is 3.23. The lowest BCUT2D eigenvalue weighted by molar-refractivity contribution is 0.00845. The molecule has 2 aromatic carbocycles. The van der Waals surface area contributed by atoms with Gasteiger partial charge >= 0.3 is 0 Å². The molecule has 0 saturated carbocycles. The largest absolute Gasteiger partial charge is 0.378 e. The van der Waals surface area contributed by atoms with Gasteiger partial charge in [0, 0.05) is 19.7 Å². The zero-order valence-electron chi connectivity index (χ0n) is 14.9. The summed E-state index contributed by atoms with van der Waals surface area (Å²) in [5, 5.41) is 0.496. The highest BCUT2D eigenvalue weighted by molar-refractivity contribution is 6.34. The number of hydrogen-bond donors (Lipinski definition) is 1. The highest BCUT2D eigenvalue weighted by Gasteiger charge is 2.25. The van der Waals surface area contributed by atoms with Crippen molar-refractivity contribution in [1.82, 2.24) is 4.90 Å². The fraction of sp³-hybridized carbons (Fsp3) is 0.381. The van der Waals surface area contributed by atoms with E-state index in [0.717, 1.165) is 30.4 Å². The van der Waals surface area contributed by atoms with Gasteiger partial charge < -0.3 is 15.4 Å². The number of hydrogen-bond acceptors (Lipinski definition) is 3. The van der Waals surface area contributed by atoms with E-state index >= 15 is 0 Å². The lowest BCUT2D eigenvalue weighted by Crippen LogP contribution is -2.41. The average molecular weight is 373 g/mol. The van der Waals surface area contributed by atoms with Crippen molar-refractivity contribution in [2.24, 2.45) is 5.73 Å². The predicted molar refractivity (Wildman–Crippen MR) is 105 cm³/mol. The molecular weight excluding hydrogens is 348 g/mol.